The molecule has 0 amide bonds. The molecule has 1 N–H and O–H groups in total. The topological polar surface area (TPSA) is 42.7 Å². The van der Waals surface area contributed by atoms with E-state index in [4.69, 9.17) is 0 Å². The van der Waals surface area contributed by atoms with E-state index in [9.17, 15) is 0 Å². The number of nitrogens with zero attached hydrogens (tertiary/aromatic N) is 3. The summed E-state index contributed by atoms with van der Waals surface area (Å²) in [5.41, 5.74) is 1.02. The fraction of sp³-hybridized carbons (Fsp3) is 0.0769. The van der Waals surface area contributed by atoms with E-state index in [1.54, 1.807) is 12.4 Å². The average molecular weight is 224 g/mol. The van der Waals surface area contributed by atoms with Crippen molar-refractivity contribution in [3.63, 3.8) is 0 Å². The Kier molecular flexibility index (Phi) is 2.26. The van der Waals surface area contributed by atoms with Crippen LogP contribution < -0.4 is 5.32 Å². The van der Waals surface area contributed by atoms with Crippen LogP contribution in [0.25, 0.3) is 10.8 Å². The van der Waals surface area contributed by atoms with Gasteiger partial charge in [-0.15, -0.1) is 0 Å². The highest BCUT2D eigenvalue weighted by molar-refractivity contribution is 5.94. The van der Waals surface area contributed by atoms with Crippen molar-refractivity contribution < 1.29 is 0 Å². The molecule has 0 unspecified atom stereocenters. The summed E-state index contributed by atoms with van der Waals surface area (Å²) < 4.78 is 1.94. The monoisotopic (exact) mass is 224 g/mol. The number of fused-ring (bicyclic) bond motifs is 1. The molecule has 0 radical (unpaired) electrons. The van der Waals surface area contributed by atoms with Gasteiger partial charge < -0.3 is 9.88 Å². The Bertz CT molecular complexity index is 652. The molecule has 4 nitrogen and oxygen atoms in total. The first-order valence-electron chi connectivity index (χ1n) is 5.42. The molecule has 2 aromatic heterocycles. The summed E-state index contributed by atoms with van der Waals surface area (Å²) in [7, 11) is 1.96. The number of anilines is 2. The van der Waals surface area contributed by atoms with Crippen molar-refractivity contribution in [1.29, 1.82) is 0 Å². The second-order valence-corrected chi connectivity index (χ2v) is 3.89. The zero-order valence-electron chi connectivity index (χ0n) is 9.46. The highest BCUT2D eigenvalue weighted by atomic mass is 15.2. The van der Waals surface area contributed by atoms with E-state index in [1.807, 2.05) is 42.2 Å². The zero-order valence-corrected chi connectivity index (χ0v) is 9.46. The lowest BCUT2D eigenvalue weighted by Gasteiger charge is -2.08. The fourth-order valence-corrected chi connectivity index (χ4v) is 1.83. The molecule has 0 spiro atoms. The molecule has 0 saturated carbocycles. The van der Waals surface area contributed by atoms with Crippen LogP contribution in [0.3, 0.4) is 0 Å². The van der Waals surface area contributed by atoms with Crippen molar-refractivity contribution in [2.24, 2.45) is 7.05 Å². The lowest BCUT2D eigenvalue weighted by Crippen LogP contribution is -1.99. The summed E-state index contributed by atoms with van der Waals surface area (Å²) in [5.74, 6) is 0.821. The molecule has 0 aliphatic rings. The molecule has 17 heavy (non-hydrogen) atoms. The Morgan fingerprint density at radius 1 is 1.18 bits per heavy atom. The SMILES string of the molecule is Cn1ccnc1Nc1cccc2ccncc12. The van der Waals surface area contributed by atoms with Gasteiger partial charge in [-0.25, -0.2) is 4.98 Å². The van der Waals surface area contributed by atoms with Gasteiger partial charge in [0.1, 0.15) is 0 Å². The van der Waals surface area contributed by atoms with Gasteiger partial charge in [-0.2, -0.15) is 0 Å². The third-order valence-electron chi connectivity index (χ3n) is 2.75. The Hall–Kier alpha value is -2.36. The van der Waals surface area contributed by atoms with Crippen LogP contribution in [0, 0.1) is 0 Å². The molecule has 0 fully saturated rings. The standard InChI is InChI=1S/C13H12N4/c1-17-8-7-15-13(17)16-12-4-2-3-10-5-6-14-9-11(10)12/h2-9H,1H3,(H,15,16). The molecule has 3 aromatic rings. The van der Waals surface area contributed by atoms with Crippen LogP contribution in [0.4, 0.5) is 11.6 Å². The van der Waals surface area contributed by atoms with Gasteiger partial charge in [0.25, 0.3) is 0 Å². The molecule has 0 saturated heterocycles. The van der Waals surface area contributed by atoms with E-state index in [2.05, 4.69) is 21.4 Å². The highest BCUT2D eigenvalue weighted by Gasteiger charge is 2.03. The van der Waals surface area contributed by atoms with E-state index >= 15 is 0 Å². The van der Waals surface area contributed by atoms with Gasteiger partial charge >= 0.3 is 0 Å². The fourth-order valence-electron chi connectivity index (χ4n) is 1.83. The quantitative estimate of drug-likeness (QED) is 0.727. The summed E-state index contributed by atoms with van der Waals surface area (Å²) in [6.07, 6.45) is 7.34. The van der Waals surface area contributed by atoms with Crippen molar-refractivity contribution in [3.8, 4) is 0 Å². The van der Waals surface area contributed by atoms with Crippen molar-refractivity contribution in [2.75, 3.05) is 5.32 Å². The summed E-state index contributed by atoms with van der Waals surface area (Å²) in [4.78, 5) is 8.41. The summed E-state index contributed by atoms with van der Waals surface area (Å²) in [6.45, 7) is 0. The summed E-state index contributed by atoms with van der Waals surface area (Å²) in [6, 6.07) is 8.12. The minimum absolute atomic E-state index is 0.821. The van der Waals surface area contributed by atoms with Crippen molar-refractivity contribution >= 4 is 22.4 Å². The number of hydrogen-bond donors (Lipinski definition) is 1. The van der Waals surface area contributed by atoms with Crippen molar-refractivity contribution in [3.05, 3.63) is 49.1 Å². The first-order valence-corrected chi connectivity index (χ1v) is 5.42. The maximum atomic E-state index is 4.25. The van der Waals surface area contributed by atoms with E-state index in [1.165, 1.54) is 5.39 Å². The first kappa shape index (κ1) is 9.84. The third kappa shape index (κ3) is 1.73. The molecule has 0 aliphatic heterocycles. The van der Waals surface area contributed by atoms with Gasteiger partial charge in [0.15, 0.2) is 0 Å². The molecule has 4 heteroatoms. The number of pyridine rings is 1. The molecule has 0 aliphatic carbocycles. The molecule has 0 atom stereocenters. The molecular weight excluding hydrogens is 212 g/mol. The molecule has 3 rings (SSSR count). The van der Waals surface area contributed by atoms with Crippen LogP contribution in [-0.4, -0.2) is 14.5 Å². The Morgan fingerprint density at radius 2 is 2.12 bits per heavy atom. The number of aromatic nitrogens is 3. The van der Waals surface area contributed by atoms with Crippen LogP contribution >= 0.6 is 0 Å². The number of imidazole rings is 1. The minimum Gasteiger partial charge on any atom is -0.325 e. The first-order chi connectivity index (χ1) is 8.34. The molecular formula is C13H12N4. The largest absolute Gasteiger partial charge is 0.325 e. The van der Waals surface area contributed by atoms with Crippen LogP contribution in [0.2, 0.25) is 0 Å². The smallest absolute Gasteiger partial charge is 0.207 e. The van der Waals surface area contributed by atoms with Gasteiger partial charge in [-0.1, -0.05) is 12.1 Å². The number of hydrogen-bond acceptors (Lipinski definition) is 3. The lowest BCUT2D eigenvalue weighted by molar-refractivity contribution is 0.925. The van der Waals surface area contributed by atoms with E-state index < -0.39 is 0 Å². The number of aryl methyl sites for hydroxylation is 1. The van der Waals surface area contributed by atoms with E-state index in [0.717, 1.165) is 17.0 Å². The van der Waals surface area contributed by atoms with Crippen LogP contribution in [0.5, 0.6) is 0 Å². The van der Waals surface area contributed by atoms with E-state index in [-0.39, 0.29) is 0 Å². The van der Waals surface area contributed by atoms with Gasteiger partial charge in [0.2, 0.25) is 5.95 Å². The highest BCUT2D eigenvalue weighted by Crippen LogP contribution is 2.24. The maximum Gasteiger partial charge on any atom is 0.207 e. The number of benzene rings is 1. The van der Waals surface area contributed by atoms with Gasteiger partial charge in [0, 0.05) is 37.2 Å². The Labute approximate surface area is 98.9 Å². The number of rotatable bonds is 2. The van der Waals surface area contributed by atoms with Gasteiger partial charge in [-0.3, -0.25) is 4.98 Å². The van der Waals surface area contributed by atoms with Crippen molar-refractivity contribution in [1.82, 2.24) is 14.5 Å². The molecule has 84 valence electrons. The van der Waals surface area contributed by atoms with Crippen LogP contribution in [-0.2, 0) is 7.05 Å². The Balaban J connectivity index is 2.09. The lowest BCUT2D eigenvalue weighted by atomic mass is 10.1. The van der Waals surface area contributed by atoms with E-state index in [0.29, 0.717) is 0 Å². The average Bonchev–Trinajstić information content (AvgIpc) is 2.76. The Morgan fingerprint density at radius 3 is 2.94 bits per heavy atom. The summed E-state index contributed by atoms with van der Waals surface area (Å²) in [5, 5.41) is 5.57. The zero-order chi connectivity index (χ0) is 11.7. The minimum atomic E-state index is 0.821. The van der Waals surface area contributed by atoms with Gasteiger partial charge in [-0.05, 0) is 17.5 Å². The maximum absolute atomic E-state index is 4.25. The van der Waals surface area contributed by atoms with Crippen molar-refractivity contribution in [2.45, 2.75) is 0 Å². The third-order valence-corrected chi connectivity index (χ3v) is 2.75. The predicted molar refractivity (Wildman–Crippen MR) is 68.2 cm³/mol. The summed E-state index contributed by atoms with van der Waals surface area (Å²) >= 11 is 0. The second kappa shape index (κ2) is 3.90. The van der Waals surface area contributed by atoms with Crippen LogP contribution in [0.15, 0.2) is 49.1 Å². The normalized spacial score (nSPS) is 10.6. The van der Waals surface area contributed by atoms with Gasteiger partial charge in [0.05, 0.1) is 5.69 Å². The molecule has 1 aromatic carbocycles. The second-order valence-electron chi connectivity index (χ2n) is 3.89. The number of nitrogens with one attached hydrogen (secondary N) is 1. The van der Waals surface area contributed by atoms with Crippen LogP contribution in [0.1, 0.15) is 0 Å². The predicted octanol–water partition coefficient (Wildman–Crippen LogP) is 2.71. The molecule has 2 heterocycles. The molecule has 0 bridgehead atoms.